The summed E-state index contributed by atoms with van der Waals surface area (Å²) in [4.78, 5) is 30.4. The van der Waals surface area contributed by atoms with Crippen LogP contribution in [0, 0.1) is 0 Å². The van der Waals surface area contributed by atoms with Gasteiger partial charge in [-0.05, 0) is 74.2 Å². The van der Waals surface area contributed by atoms with Crippen LogP contribution >= 0.6 is 11.6 Å². The summed E-state index contributed by atoms with van der Waals surface area (Å²) in [6.45, 7) is 4.55. The topological polar surface area (TPSA) is 49.9 Å². The minimum absolute atomic E-state index is 0.0753. The zero-order valence-electron chi connectivity index (χ0n) is 18.7. The lowest BCUT2D eigenvalue weighted by molar-refractivity contribution is -0.132. The third-order valence-corrected chi connectivity index (χ3v) is 6.48. The van der Waals surface area contributed by atoms with E-state index in [1.807, 2.05) is 47.4 Å². The molecule has 2 aliphatic heterocycles. The number of anilines is 2. The summed E-state index contributed by atoms with van der Waals surface area (Å²) in [5, 5.41) is 0.641. The average molecular weight is 461 g/mol. The Labute approximate surface area is 198 Å². The van der Waals surface area contributed by atoms with E-state index in [0.717, 1.165) is 24.1 Å². The maximum absolute atomic E-state index is 13.5. The van der Waals surface area contributed by atoms with E-state index >= 15 is 0 Å². The number of hydrogen-bond donors (Lipinski definition) is 0. The number of hydrogen-bond acceptors (Lipinski definition) is 3. The quantitative estimate of drug-likeness (QED) is 0.508. The summed E-state index contributed by atoms with van der Waals surface area (Å²) >= 11 is 6.03. The lowest BCUT2D eigenvalue weighted by Crippen LogP contribution is -2.52. The van der Waals surface area contributed by atoms with Crippen molar-refractivity contribution in [3.63, 3.8) is 0 Å². The first-order valence-corrected chi connectivity index (χ1v) is 11.5. The summed E-state index contributed by atoms with van der Waals surface area (Å²) in [5.41, 5.74) is 3.21. The first-order valence-electron chi connectivity index (χ1n) is 11.1. The average Bonchev–Trinajstić information content (AvgIpc) is 2.82. The molecule has 3 aromatic rings. The third kappa shape index (κ3) is 3.98. The Balaban J connectivity index is 1.52. The van der Waals surface area contributed by atoms with E-state index in [9.17, 15) is 9.59 Å². The van der Waals surface area contributed by atoms with E-state index in [2.05, 4.69) is 6.07 Å². The van der Waals surface area contributed by atoms with Gasteiger partial charge in [0, 0.05) is 22.8 Å². The van der Waals surface area contributed by atoms with Gasteiger partial charge in [-0.1, -0.05) is 41.9 Å². The molecule has 2 aliphatic rings. The van der Waals surface area contributed by atoms with Crippen molar-refractivity contribution in [3.8, 4) is 5.75 Å². The number of ether oxygens (including phenoxy) is 1. The molecule has 3 aromatic carbocycles. The Morgan fingerprint density at radius 1 is 1.03 bits per heavy atom. The summed E-state index contributed by atoms with van der Waals surface area (Å²) < 4.78 is 6.02. The van der Waals surface area contributed by atoms with Crippen molar-refractivity contribution in [1.82, 2.24) is 0 Å². The molecule has 0 spiro atoms. The molecule has 2 heterocycles. The molecule has 0 radical (unpaired) electrons. The van der Waals surface area contributed by atoms with Gasteiger partial charge in [0.15, 0.2) is 5.60 Å². The number of benzene rings is 3. The van der Waals surface area contributed by atoms with Crippen LogP contribution in [0.1, 0.15) is 41.8 Å². The molecule has 0 bridgehead atoms. The van der Waals surface area contributed by atoms with Crippen LogP contribution in [0.5, 0.6) is 5.75 Å². The van der Waals surface area contributed by atoms with Crippen LogP contribution in [0.2, 0.25) is 5.02 Å². The molecule has 6 heteroatoms. The molecule has 0 fully saturated rings. The molecule has 2 amide bonds. The van der Waals surface area contributed by atoms with Gasteiger partial charge in [-0.2, -0.15) is 0 Å². The molecule has 0 aliphatic carbocycles. The Kier molecular flexibility index (Phi) is 5.37. The zero-order valence-corrected chi connectivity index (χ0v) is 19.4. The minimum Gasteiger partial charge on any atom is -0.476 e. The second-order valence-corrected chi connectivity index (χ2v) is 9.44. The number of fused-ring (bicyclic) bond motifs is 2. The van der Waals surface area contributed by atoms with E-state index < -0.39 is 5.60 Å². The van der Waals surface area contributed by atoms with Gasteiger partial charge in [0.05, 0.1) is 12.2 Å². The number of rotatable bonds is 3. The fourth-order valence-electron chi connectivity index (χ4n) is 4.53. The Bertz CT molecular complexity index is 1240. The zero-order chi connectivity index (χ0) is 23.2. The van der Waals surface area contributed by atoms with Crippen LogP contribution in [0.25, 0.3) is 0 Å². The minimum atomic E-state index is -1.00. The molecular formula is C27H25ClN2O3. The number of carbonyl (C=O) groups excluding carboxylic acids is 2. The first-order chi connectivity index (χ1) is 15.8. The monoisotopic (exact) mass is 460 g/mol. The molecule has 0 N–H and O–H groups in total. The summed E-state index contributed by atoms with van der Waals surface area (Å²) in [5.74, 6) is 0.357. The number of carbonyl (C=O) groups is 2. The van der Waals surface area contributed by atoms with Crippen LogP contribution in [0.4, 0.5) is 11.4 Å². The van der Waals surface area contributed by atoms with Crippen molar-refractivity contribution in [2.24, 2.45) is 0 Å². The SMILES string of the molecule is CC1(C)Oc2ccc(C(=O)N3CCCc4ccccc43)cc2N(Cc2ccc(Cl)cc2)C1=O. The molecule has 33 heavy (non-hydrogen) atoms. The standard InChI is InChI=1S/C27H25ClN2O3/c1-27(2)26(32)30(17-18-9-12-21(28)13-10-18)23-16-20(11-14-24(23)33-27)25(31)29-15-5-7-19-6-3-4-8-22(19)29/h3-4,6,8-14,16H,5,7,15,17H2,1-2H3. The molecule has 5 nitrogen and oxygen atoms in total. The third-order valence-electron chi connectivity index (χ3n) is 6.23. The highest BCUT2D eigenvalue weighted by Crippen LogP contribution is 2.40. The van der Waals surface area contributed by atoms with Gasteiger partial charge in [-0.15, -0.1) is 0 Å². The van der Waals surface area contributed by atoms with Gasteiger partial charge >= 0.3 is 0 Å². The number of halogens is 1. The molecule has 168 valence electrons. The molecule has 0 atom stereocenters. The maximum Gasteiger partial charge on any atom is 0.271 e. The lowest BCUT2D eigenvalue weighted by Gasteiger charge is -2.39. The Hall–Kier alpha value is -3.31. The summed E-state index contributed by atoms with van der Waals surface area (Å²) in [6.07, 6.45) is 1.89. The van der Waals surface area contributed by atoms with Crippen molar-refractivity contribution in [2.45, 2.75) is 38.8 Å². The maximum atomic E-state index is 13.5. The van der Waals surface area contributed by atoms with E-state index in [0.29, 0.717) is 35.1 Å². The van der Waals surface area contributed by atoms with Crippen molar-refractivity contribution < 1.29 is 14.3 Å². The molecular weight excluding hydrogens is 436 g/mol. The Morgan fingerprint density at radius 3 is 2.58 bits per heavy atom. The van der Waals surface area contributed by atoms with Crippen molar-refractivity contribution >= 4 is 34.8 Å². The predicted octanol–water partition coefficient (Wildman–Crippen LogP) is 5.64. The lowest BCUT2D eigenvalue weighted by atomic mass is 9.99. The molecule has 0 aromatic heterocycles. The van der Waals surface area contributed by atoms with Crippen LogP contribution in [0.3, 0.4) is 0 Å². The van der Waals surface area contributed by atoms with Crippen LogP contribution in [-0.2, 0) is 17.8 Å². The van der Waals surface area contributed by atoms with Crippen molar-refractivity contribution in [3.05, 3.63) is 88.4 Å². The van der Waals surface area contributed by atoms with Gasteiger partial charge in [0.25, 0.3) is 11.8 Å². The largest absolute Gasteiger partial charge is 0.476 e. The number of nitrogens with zero attached hydrogens (tertiary/aromatic N) is 2. The van der Waals surface area contributed by atoms with Gasteiger partial charge in [0.1, 0.15) is 5.75 Å². The second kappa shape index (κ2) is 8.23. The van der Waals surface area contributed by atoms with Crippen molar-refractivity contribution in [2.75, 3.05) is 16.3 Å². The fourth-order valence-corrected chi connectivity index (χ4v) is 4.66. The highest BCUT2D eigenvalue weighted by molar-refractivity contribution is 6.30. The first kappa shape index (κ1) is 21.5. The van der Waals surface area contributed by atoms with E-state index in [1.54, 1.807) is 36.9 Å². The highest BCUT2D eigenvalue weighted by Gasteiger charge is 2.41. The van der Waals surface area contributed by atoms with Crippen LogP contribution < -0.4 is 14.5 Å². The number of aryl methyl sites for hydroxylation is 1. The normalized spacial score (nSPS) is 16.6. The summed E-state index contributed by atoms with van der Waals surface area (Å²) in [7, 11) is 0. The van der Waals surface area contributed by atoms with Gasteiger partial charge in [0.2, 0.25) is 0 Å². The van der Waals surface area contributed by atoms with Gasteiger partial charge in [-0.3, -0.25) is 9.59 Å². The molecule has 0 saturated carbocycles. The highest BCUT2D eigenvalue weighted by atomic mass is 35.5. The molecule has 0 saturated heterocycles. The van der Waals surface area contributed by atoms with Crippen LogP contribution in [0.15, 0.2) is 66.7 Å². The van der Waals surface area contributed by atoms with Gasteiger partial charge in [-0.25, -0.2) is 0 Å². The van der Waals surface area contributed by atoms with E-state index in [-0.39, 0.29) is 11.8 Å². The smallest absolute Gasteiger partial charge is 0.271 e. The van der Waals surface area contributed by atoms with Crippen LogP contribution in [-0.4, -0.2) is 24.0 Å². The predicted molar refractivity (Wildman–Crippen MR) is 130 cm³/mol. The van der Waals surface area contributed by atoms with E-state index in [4.69, 9.17) is 16.3 Å². The number of para-hydroxylation sites is 1. The Morgan fingerprint density at radius 2 is 1.79 bits per heavy atom. The van der Waals surface area contributed by atoms with E-state index in [1.165, 1.54) is 5.56 Å². The number of amides is 2. The molecule has 5 rings (SSSR count). The summed E-state index contributed by atoms with van der Waals surface area (Å²) in [6, 6.07) is 20.8. The molecule has 0 unspecified atom stereocenters. The van der Waals surface area contributed by atoms with Crippen molar-refractivity contribution in [1.29, 1.82) is 0 Å². The fraction of sp³-hybridized carbons (Fsp3) is 0.259. The second-order valence-electron chi connectivity index (χ2n) is 9.00. The van der Waals surface area contributed by atoms with Gasteiger partial charge < -0.3 is 14.5 Å².